The van der Waals surface area contributed by atoms with Crippen molar-refractivity contribution in [1.82, 2.24) is 10.3 Å². The first-order valence-corrected chi connectivity index (χ1v) is 10.1. The van der Waals surface area contributed by atoms with E-state index < -0.39 is 0 Å². The van der Waals surface area contributed by atoms with Gasteiger partial charge in [0.2, 0.25) is 0 Å². The van der Waals surface area contributed by atoms with E-state index in [-0.39, 0.29) is 0 Å². The van der Waals surface area contributed by atoms with Gasteiger partial charge in [-0.25, -0.2) is 4.98 Å². The first kappa shape index (κ1) is 17.4. The van der Waals surface area contributed by atoms with Crippen LogP contribution in [0.25, 0.3) is 0 Å². The lowest BCUT2D eigenvalue weighted by Gasteiger charge is -2.25. The number of rotatable bonds is 8. The van der Waals surface area contributed by atoms with Crippen LogP contribution in [0.4, 0.5) is 0 Å². The molecule has 1 aromatic heterocycles. The number of nitrogens with one attached hydrogen (secondary N) is 1. The molecule has 2 aromatic rings. The first-order valence-electron chi connectivity index (χ1n) is 9.12. The van der Waals surface area contributed by atoms with Crippen molar-refractivity contribution in [2.24, 2.45) is 5.92 Å². The fourth-order valence-corrected chi connectivity index (χ4v) is 4.08. The molecule has 1 heterocycles. The molecule has 0 aliphatic heterocycles. The van der Waals surface area contributed by atoms with E-state index >= 15 is 0 Å². The Morgan fingerprint density at radius 3 is 2.88 bits per heavy atom. The second kappa shape index (κ2) is 9.19. The molecular formula is C20H28N2OS. The Labute approximate surface area is 149 Å². The Bertz CT molecular complexity index is 593. The van der Waals surface area contributed by atoms with E-state index in [0.29, 0.717) is 12.6 Å². The topological polar surface area (TPSA) is 34.1 Å². The number of hydrogen-bond donors (Lipinski definition) is 1. The van der Waals surface area contributed by atoms with Crippen molar-refractivity contribution in [1.29, 1.82) is 0 Å². The van der Waals surface area contributed by atoms with Crippen LogP contribution in [-0.4, -0.2) is 11.0 Å². The number of ether oxygens (including phenoxy) is 1. The van der Waals surface area contributed by atoms with Gasteiger partial charge in [0.05, 0.1) is 11.2 Å². The smallest absolute Gasteiger partial charge is 0.131 e. The maximum atomic E-state index is 5.97. The summed E-state index contributed by atoms with van der Waals surface area (Å²) in [5, 5.41) is 5.72. The van der Waals surface area contributed by atoms with Gasteiger partial charge in [0.15, 0.2) is 0 Å². The molecule has 1 fully saturated rings. The number of thiazole rings is 1. The minimum atomic E-state index is 0.540. The quantitative estimate of drug-likeness (QED) is 0.717. The van der Waals surface area contributed by atoms with E-state index in [0.717, 1.165) is 23.9 Å². The van der Waals surface area contributed by atoms with Gasteiger partial charge in [0, 0.05) is 23.5 Å². The van der Waals surface area contributed by atoms with Gasteiger partial charge in [-0.05, 0) is 25.3 Å². The van der Waals surface area contributed by atoms with E-state index in [1.54, 1.807) is 11.3 Å². The molecule has 0 saturated heterocycles. The average molecular weight is 345 g/mol. The minimum Gasteiger partial charge on any atom is -0.487 e. The number of para-hydroxylation sites is 1. The lowest BCUT2D eigenvalue weighted by molar-refractivity contribution is 0.292. The van der Waals surface area contributed by atoms with Gasteiger partial charge in [-0.15, -0.1) is 11.3 Å². The molecule has 1 N–H and O–H groups in total. The molecule has 0 spiro atoms. The Hall–Kier alpha value is -1.39. The Morgan fingerprint density at radius 1 is 1.25 bits per heavy atom. The first-order chi connectivity index (χ1) is 11.8. The minimum absolute atomic E-state index is 0.540. The summed E-state index contributed by atoms with van der Waals surface area (Å²) in [6.07, 6.45) is 8.40. The highest BCUT2D eigenvalue weighted by atomic mass is 32.1. The normalized spacial score (nSPS) is 16.9. The van der Waals surface area contributed by atoms with Crippen LogP contribution in [0.3, 0.4) is 0 Å². The zero-order valence-corrected chi connectivity index (χ0v) is 15.4. The van der Waals surface area contributed by atoms with Crippen LogP contribution in [0.15, 0.2) is 35.2 Å². The SMILES string of the molecule is CC(CC1CCCCC1)NCc1ccccc1OCc1cscn1. The molecular weight excluding hydrogens is 316 g/mol. The van der Waals surface area contributed by atoms with Crippen molar-refractivity contribution < 1.29 is 4.74 Å². The Morgan fingerprint density at radius 2 is 2.08 bits per heavy atom. The van der Waals surface area contributed by atoms with Gasteiger partial charge < -0.3 is 10.1 Å². The third-order valence-corrected chi connectivity index (χ3v) is 5.52. The molecule has 0 bridgehead atoms. The molecule has 130 valence electrons. The second-order valence-corrected chi connectivity index (χ2v) is 7.62. The number of aromatic nitrogens is 1. The maximum Gasteiger partial charge on any atom is 0.131 e. The van der Waals surface area contributed by atoms with E-state index in [1.807, 2.05) is 17.0 Å². The van der Waals surface area contributed by atoms with Gasteiger partial charge >= 0.3 is 0 Å². The molecule has 1 aliphatic carbocycles. The molecule has 0 amide bonds. The maximum absolute atomic E-state index is 5.97. The largest absolute Gasteiger partial charge is 0.487 e. The van der Waals surface area contributed by atoms with Crippen LogP contribution in [0.2, 0.25) is 0 Å². The standard InChI is InChI=1S/C20H28N2OS/c1-16(11-17-7-3-2-4-8-17)21-12-18-9-5-6-10-20(18)23-13-19-14-24-15-22-19/h5-6,9-10,14-17,21H,2-4,7-8,11-13H2,1H3. The summed E-state index contributed by atoms with van der Waals surface area (Å²) in [6.45, 7) is 3.71. The summed E-state index contributed by atoms with van der Waals surface area (Å²) in [7, 11) is 0. The summed E-state index contributed by atoms with van der Waals surface area (Å²) in [6, 6.07) is 8.87. The van der Waals surface area contributed by atoms with E-state index in [9.17, 15) is 0 Å². The highest BCUT2D eigenvalue weighted by Crippen LogP contribution is 2.27. The van der Waals surface area contributed by atoms with Crippen molar-refractivity contribution in [3.8, 4) is 5.75 Å². The highest BCUT2D eigenvalue weighted by Gasteiger charge is 2.16. The fraction of sp³-hybridized carbons (Fsp3) is 0.550. The van der Waals surface area contributed by atoms with E-state index in [2.05, 4.69) is 35.4 Å². The van der Waals surface area contributed by atoms with Crippen LogP contribution < -0.4 is 10.1 Å². The predicted octanol–water partition coefficient (Wildman–Crippen LogP) is 5.17. The monoisotopic (exact) mass is 344 g/mol. The van der Waals surface area contributed by atoms with Crippen molar-refractivity contribution in [3.05, 3.63) is 46.4 Å². The summed E-state index contributed by atoms with van der Waals surface area (Å²) in [5.41, 5.74) is 4.07. The molecule has 4 heteroatoms. The number of hydrogen-bond acceptors (Lipinski definition) is 4. The van der Waals surface area contributed by atoms with Crippen LogP contribution in [0.5, 0.6) is 5.75 Å². The average Bonchev–Trinajstić information content (AvgIpc) is 3.13. The lowest BCUT2D eigenvalue weighted by Crippen LogP contribution is -2.28. The van der Waals surface area contributed by atoms with Gasteiger partial charge in [-0.2, -0.15) is 0 Å². The van der Waals surface area contributed by atoms with Crippen molar-refractivity contribution in [2.75, 3.05) is 0 Å². The number of nitrogens with zero attached hydrogens (tertiary/aromatic N) is 1. The molecule has 1 aliphatic rings. The molecule has 0 radical (unpaired) electrons. The molecule has 1 unspecified atom stereocenters. The molecule has 3 rings (SSSR count). The van der Waals surface area contributed by atoms with Gasteiger partial charge in [0.1, 0.15) is 12.4 Å². The summed E-state index contributed by atoms with van der Waals surface area (Å²) >= 11 is 1.61. The fourth-order valence-electron chi connectivity index (χ4n) is 3.54. The van der Waals surface area contributed by atoms with Gasteiger partial charge in [-0.3, -0.25) is 0 Å². The molecule has 1 saturated carbocycles. The Kier molecular flexibility index (Phi) is 6.67. The van der Waals surface area contributed by atoms with Gasteiger partial charge in [-0.1, -0.05) is 50.3 Å². The molecule has 1 atom stereocenters. The zero-order valence-electron chi connectivity index (χ0n) is 14.5. The lowest BCUT2D eigenvalue weighted by atomic mass is 9.85. The third kappa shape index (κ3) is 5.32. The molecule has 1 aromatic carbocycles. The molecule has 3 nitrogen and oxygen atoms in total. The molecule has 24 heavy (non-hydrogen) atoms. The van der Waals surface area contributed by atoms with E-state index in [1.165, 1.54) is 44.1 Å². The van der Waals surface area contributed by atoms with Crippen LogP contribution in [0, 0.1) is 5.92 Å². The summed E-state index contributed by atoms with van der Waals surface area (Å²) in [5.74, 6) is 1.88. The zero-order chi connectivity index (χ0) is 16.6. The highest BCUT2D eigenvalue weighted by molar-refractivity contribution is 7.07. The predicted molar refractivity (Wildman–Crippen MR) is 100 cm³/mol. The Balaban J connectivity index is 1.49. The number of benzene rings is 1. The van der Waals surface area contributed by atoms with Crippen LogP contribution in [-0.2, 0) is 13.2 Å². The summed E-state index contributed by atoms with van der Waals surface area (Å²) in [4.78, 5) is 4.28. The van der Waals surface area contributed by atoms with Crippen molar-refractivity contribution in [3.63, 3.8) is 0 Å². The van der Waals surface area contributed by atoms with Crippen molar-refractivity contribution in [2.45, 2.75) is 64.6 Å². The summed E-state index contributed by atoms with van der Waals surface area (Å²) < 4.78 is 5.97. The van der Waals surface area contributed by atoms with Crippen LogP contribution in [0.1, 0.15) is 56.7 Å². The third-order valence-electron chi connectivity index (χ3n) is 4.88. The van der Waals surface area contributed by atoms with Gasteiger partial charge in [0.25, 0.3) is 0 Å². The van der Waals surface area contributed by atoms with Crippen LogP contribution >= 0.6 is 11.3 Å². The second-order valence-electron chi connectivity index (χ2n) is 6.90. The van der Waals surface area contributed by atoms with E-state index in [4.69, 9.17) is 4.74 Å². The van der Waals surface area contributed by atoms with Crippen molar-refractivity contribution >= 4 is 11.3 Å².